The molecular weight excluding hydrogens is 359 g/mol. The first-order chi connectivity index (χ1) is 13.6. The number of amides is 1. The molecule has 1 amide bonds. The smallest absolute Gasteiger partial charge is 0.230 e. The molecule has 0 unspecified atom stereocenters. The second-order valence-corrected chi connectivity index (χ2v) is 7.17. The topological polar surface area (TPSA) is 63.3 Å². The van der Waals surface area contributed by atoms with E-state index in [1.54, 1.807) is 20.3 Å². The standard InChI is InChI=1S/C22H23FN2O3/c1-27-19-6-3-14(11-20(19)28-2)7-10-24-21(26)22(8-9-22)17-13-25-18-12-15(23)4-5-16(17)18/h3-6,11-13,25H,7-10H2,1-2H3,(H,24,26). The summed E-state index contributed by atoms with van der Waals surface area (Å²) < 4.78 is 24.0. The van der Waals surface area contributed by atoms with Gasteiger partial charge in [0.2, 0.25) is 5.91 Å². The van der Waals surface area contributed by atoms with Gasteiger partial charge in [-0.05, 0) is 60.7 Å². The van der Waals surface area contributed by atoms with E-state index in [1.807, 2.05) is 24.4 Å². The average Bonchev–Trinajstić information content (AvgIpc) is 3.41. The number of ether oxygens (including phenoxy) is 2. The van der Waals surface area contributed by atoms with Crippen molar-refractivity contribution >= 4 is 16.8 Å². The van der Waals surface area contributed by atoms with E-state index in [4.69, 9.17) is 9.47 Å². The Kier molecular flexibility index (Phi) is 4.71. The Bertz CT molecular complexity index is 1020. The van der Waals surface area contributed by atoms with Gasteiger partial charge in [-0.3, -0.25) is 4.79 Å². The Morgan fingerprint density at radius 2 is 1.93 bits per heavy atom. The van der Waals surface area contributed by atoms with Crippen molar-refractivity contribution in [2.45, 2.75) is 24.7 Å². The Morgan fingerprint density at radius 3 is 2.64 bits per heavy atom. The van der Waals surface area contributed by atoms with Crippen LogP contribution in [0.5, 0.6) is 11.5 Å². The maximum atomic E-state index is 13.4. The summed E-state index contributed by atoms with van der Waals surface area (Å²) >= 11 is 0. The molecule has 146 valence electrons. The molecule has 0 spiro atoms. The second kappa shape index (κ2) is 7.19. The van der Waals surface area contributed by atoms with Crippen molar-refractivity contribution in [1.29, 1.82) is 0 Å². The lowest BCUT2D eigenvalue weighted by Crippen LogP contribution is -2.35. The molecule has 2 aromatic carbocycles. The molecule has 1 aliphatic rings. The third-order valence-corrected chi connectivity index (χ3v) is 5.49. The van der Waals surface area contributed by atoms with Crippen molar-refractivity contribution in [1.82, 2.24) is 10.3 Å². The number of benzene rings is 2. The largest absolute Gasteiger partial charge is 0.493 e. The molecule has 5 nitrogen and oxygen atoms in total. The Balaban J connectivity index is 1.44. The molecule has 0 aliphatic heterocycles. The first-order valence-corrected chi connectivity index (χ1v) is 9.34. The lowest BCUT2D eigenvalue weighted by atomic mass is 9.94. The van der Waals surface area contributed by atoms with Crippen molar-refractivity contribution in [3.63, 3.8) is 0 Å². The summed E-state index contributed by atoms with van der Waals surface area (Å²) in [6, 6.07) is 10.4. The fraction of sp³-hybridized carbons (Fsp3) is 0.318. The van der Waals surface area contributed by atoms with E-state index in [9.17, 15) is 9.18 Å². The van der Waals surface area contributed by atoms with Gasteiger partial charge in [-0.25, -0.2) is 4.39 Å². The number of aromatic nitrogens is 1. The van der Waals surface area contributed by atoms with Crippen LogP contribution in [0.15, 0.2) is 42.6 Å². The SMILES string of the molecule is COc1ccc(CCNC(=O)C2(c3c[nH]c4cc(F)ccc34)CC2)cc1OC. The number of aromatic amines is 1. The first-order valence-electron chi connectivity index (χ1n) is 9.34. The van der Waals surface area contributed by atoms with Crippen LogP contribution in [0, 0.1) is 5.82 Å². The zero-order chi connectivity index (χ0) is 19.7. The fourth-order valence-corrected chi connectivity index (χ4v) is 3.76. The van der Waals surface area contributed by atoms with E-state index in [-0.39, 0.29) is 11.7 Å². The second-order valence-electron chi connectivity index (χ2n) is 7.17. The Hall–Kier alpha value is -3.02. The minimum atomic E-state index is -0.506. The molecule has 0 radical (unpaired) electrons. The number of hydrogen-bond donors (Lipinski definition) is 2. The molecule has 1 aliphatic carbocycles. The van der Waals surface area contributed by atoms with Gasteiger partial charge in [0, 0.05) is 23.6 Å². The molecule has 6 heteroatoms. The van der Waals surface area contributed by atoms with Crippen molar-refractivity contribution in [3.05, 3.63) is 59.5 Å². The zero-order valence-electron chi connectivity index (χ0n) is 16.0. The summed E-state index contributed by atoms with van der Waals surface area (Å²) in [5, 5.41) is 3.98. The number of fused-ring (bicyclic) bond motifs is 1. The predicted octanol–water partition coefficient (Wildman–Crippen LogP) is 3.71. The van der Waals surface area contributed by atoms with Crippen LogP contribution in [0.4, 0.5) is 4.39 Å². The van der Waals surface area contributed by atoms with E-state index in [0.717, 1.165) is 34.9 Å². The summed E-state index contributed by atoms with van der Waals surface area (Å²) in [6.07, 6.45) is 4.14. The summed E-state index contributed by atoms with van der Waals surface area (Å²) in [4.78, 5) is 16.0. The minimum absolute atomic E-state index is 0.0261. The molecule has 4 rings (SSSR count). The van der Waals surface area contributed by atoms with E-state index in [2.05, 4.69) is 10.3 Å². The maximum Gasteiger partial charge on any atom is 0.230 e. The highest BCUT2D eigenvalue weighted by Gasteiger charge is 2.52. The third-order valence-electron chi connectivity index (χ3n) is 5.49. The molecule has 1 aromatic heterocycles. The Labute approximate surface area is 162 Å². The number of hydrogen-bond acceptors (Lipinski definition) is 3. The highest BCUT2D eigenvalue weighted by Crippen LogP contribution is 2.50. The first kappa shape index (κ1) is 18.3. The summed E-state index contributed by atoms with van der Waals surface area (Å²) in [5.41, 5.74) is 2.23. The monoisotopic (exact) mass is 382 g/mol. The van der Waals surface area contributed by atoms with Gasteiger partial charge in [-0.1, -0.05) is 6.07 Å². The van der Waals surface area contributed by atoms with E-state index >= 15 is 0 Å². The van der Waals surface area contributed by atoms with Crippen LogP contribution >= 0.6 is 0 Å². The molecule has 1 fully saturated rings. The van der Waals surface area contributed by atoms with Gasteiger partial charge >= 0.3 is 0 Å². The summed E-state index contributed by atoms with van der Waals surface area (Å²) in [6.45, 7) is 0.535. The van der Waals surface area contributed by atoms with Gasteiger partial charge in [0.15, 0.2) is 11.5 Å². The number of halogens is 1. The van der Waals surface area contributed by atoms with Crippen molar-refractivity contribution < 1.29 is 18.7 Å². The molecule has 28 heavy (non-hydrogen) atoms. The van der Waals surface area contributed by atoms with E-state index in [1.165, 1.54) is 12.1 Å². The van der Waals surface area contributed by atoms with Crippen LogP contribution in [0.1, 0.15) is 24.0 Å². The third kappa shape index (κ3) is 3.19. The van der Waals surface area contributed by atoms with Gasteiger partial charge in [-0.15, -0.1) is 0 Å². The number of methoxy groups -OCH3 is 2. The lowest BCUT2D eigenvalue weighted by Gasteiger charge is -2.15. The molecule has 3 aromatic rings. The Morgan fingerprint density at radius 1 is 1.14 bits per heavy atom. The fourth-order valence-electron chi connectivity index (χ4n) is 3.76. The van der Waals surface area contributed by atoms with Crippen molar-refractivity contribution in [2.24, 2.45) is 0 Å². The van der Waals surface area contributed by atoms with Crippen LogP contribution in [-0.4, -0.2) is 31.7 Å². The number of carbonyl (C=O) groups excluding carboxylic acids is 1. The number of H-pyrrole nitrogens is 1. The molecular formula is C22H23FN2O3. The molecule has 2 N–H and O–H groups in total. The van der Waals surface area contributed by atoms with Crippen molar-refractivity contribution in [3.8, 4) is 11.5 Å². The summed E-state index contributed by atoms with van der Waals surface area (Å²) in [7, 11) is 3.21. The summed E-state index contributed by atoms with van der Waals surface area (Å²) in [5.74, 6) is 1.10. The molecule has 0 saturated heterocycles. The van der Waals surface area contributed by atoms with E-state index in [0.29, 0.717) is 24.5 Å². The highest BCUT2D eigenvalue weighted by atomic mass is 19.1. The average molecular weight is 382 g/mol. The van der Waals surface area contributed by atoms with Gasteiger partial charge in [0.1, 0.15) is 5.82 Å². The maximum absolute atomic E-state index is 13.4. The lowest BCUT2D eigenvalue weighted by molar-refractivity contribution is -0.123. The molecule has 0 atom stereocenters. The molecule has 0 bridgehead atoms. The van der Waals surface area contributed by atoms with E-state index < -0.39 is 5.41 Å². The normalized spacial score (nSPS) is 14.7. The highest BCUT2D eigenvalue weighted by molar-refractivity contribution is 5.97. The minimum Gasteiger partial charge on any atom is -0.493 e. The quantitative estimate of drug-likeness (QED) is 0.655. The van der Waals surface area contributed by atoms with Crippen LogP contribution in [0.2, 0.25) is 0 Å². The number of nitrogens with one attached hydrogen (secondary N) is 2. The van der Waals surface area contributed by atoms with Gasteiger partial charge < -0.3 is 19.8 Å². The van der Waals surface area contributed by atoms with Gasteiger partial charge in [0.05, 0.1) is 19.6 Å². The van der Waals surface area contributed by atoms with Crippen LogP contribution in [0.25, 0.3) is 10.9 Å². The van der Waals surface area contributed by atoms with Crippen molar-refractivity contribution in [2.75, 3.05) is 20.8 Å². The molecule has 1 saturated carbocycles. The van der Waals surface area contributed by atoms with Crippen LogP contribution in [-0.2, 0) is 16.6 Å². The van der Waals surface area contributed by atoms with Gasteiger partial charge in [-0.2, -0.15) is 0 Å². The zero-order valence-corrected chi connectivity index (χ0v) is 16.0. The van der Waals surface area contributed by atoms with Gasteiger partial charge in [0.25, 0.3) is 0 Å². The van der Waals surface area contributed by atoms with Crippen LogP contribution < -0.4 is 14.8 Å². The number of rotatable bonds is 7. The van der Waals surface area contributed by atoms with Crippen LogP contribution in [0.3, 0.4) is 0 Å². The predicted molar refractivity (Wildman–Crippen MR) is 105 cm³/mol. The number of carbonyl (C=O) groups is 1. The molecule has 1 heterocycles.